The van der Waals surface area contributed by atoms with Crippen LogP contribution in [0.15, 0.2) is 24.3 Å². The second kappa shape index (κ2) is 7.62. The fourth-order valence-corrected chi connectivity index (χ4v) is 1.67. The van der Waals surface area contributed by atoms with Crippen LogP contribution < -0.4 is 5.32 Å². The van der Waals surface area contributed by atoms with Gasteiger partial charge in [-0.25, -0.2) is 4.39 Å². The summed E-state index contributed by atoms with van der Waals surface area (Å²) < 4.78 is 12.8. The first-order valence-corrected chi connectivity index (χ1v) is 6.69. The number of hydrogen-bond acceptors (Lipinski definition) is 2. The Morgan fingerprint density at radius 2 is 1.85 bits per heavy atom. The molecule has 110 valence electrons. The van der Waals surface area contributed by atoms with E-state index in [1.807, 2.05) is 0 Å². The maximum Gasteiger partial charge on any atom is 0.243 e. The third-order valence-electron chi connectivity index (χ3n) is 2.88. The van der Waals surface area contributed by atoms with Crippen molar-refractivity contribution in [1.29, 1.82) is 0 Å². The van der Waals surface area contributed by atoms with Crippen LogP contribution in [0.25, 0.3) is 0 Å². The number of nitrogens with zero attached hydrogens (tertiary/aromatic N) is 1. The third kappa shape index (κ3) is 5.82. The molecule has 1 rings (SSSR count). The fraction of sp³-hybridized carbons (Fsp3) is 0.467. The first-order chi connectivity index (χ1) is 9.38. The lowest BCUT2D eigenvalue weighted by Gasteiger charge is -2.21. The minimum absolute atomic E-state index is 0.0133. The van der Waals surface area contributed by atoms with Gasteiger partial charge in [-0.2, -0.15) is 0 Å². The molecule has 0 saturated carbocycles. The van der Waals surface area contributed by atoms with Crippen LogP contribution in [-0.4, -0.2) is 29.8 Å². The predicted molar refractivity (Wildman–Crippen MR) is 76.7 cm³/mol. The molecule has 2 amide bonds. The number of hydrogen-bond donors (Lipinski definition) is 1. The minimum atomic E-state index is -0.356. The SMILES string of the molecule is CC(=O)N(CCC(C)C)CC(=O)Nc1ccc(F)cc1. The third-order valence-corrected chi connectivity index (χ3v) is 2.88. The molecule has 0 atom stereocenters. The zero-order valence-electron chi connectivity index (χ0n) is 12.1. The van der Waals surface area contributed by atoms with Crippen LogP contribution in [0.1, 0.15) is 27.2 Å². The van der Waals surface area contributed by atoms with Crippen molar-refractivity contribution in [3.05, 3.63) is 30.1 Å². The molecule has 0 saturated heterocycles. The van der Waals surface area contributed by atoms with Crippen LogP contribution in [0.4, 0.5) is 10.1 Å². The number of amides is 2. The maximum absolute atomic E-state index is 12.8. The highest BCUT2D eigenvalue weighted by molar-refractivity contribution is 5.94. The molecule has 0 aromatic heterocycles. The van der Waals surface area contributed by atoms with E-state index < -0.39 is 0 Å². The summed E-state index contributed by atoms with van der Waals surface area (Å²) in [4.78, 5) is 24.9. The highest BCUT2D eigenvalue weighted by atomic mass is 19.1. The highest BCUT2D eigenvalue weighted by Crippen LogP contribution is 2.08. The van der Waals surface area contributed by atoms with Crippen molar-refractivity contribution in [3.63, 3.8) is 0 Å². The molecule has 0 radical (unpaired) electrons. The van der Waals surface area contributed by atoms with Crippen molar-refractivity contribution in [1.82, 2.24) is 4.90 Å². The van der Waals surface area contributed by atoms with Gasteiger partial charge in [0.15, 0.2) is 0 Å². The van der Waals surface area contributed by atoms with Crippen LogP contribution >= 0.6 is 0 Å². The zero-order chi connectivity index (χ0) is 15.1. The maximum atomic E-state index is 12.8. The van der Waals surface area contributed by atoms with Gasteiger partial charge in [-0.05, 0) is 36.6 Å². The van der Waals surface area contributed by atoms with Crippen molar-refractivity contribution in [2.45, 2.75) is 27.2 Å². The Morgan fingerprint density at radius 3 is 2.35 bits per heavy atom. The summed E-state index contributed by atoms with van der Waals surface area (Å²) in [5.74, 6) is -0.294. The van der Waals surface area contributed by atoms with Crippen molar-refractivity contribution in [2.75, 3.05) is 18.4 Å². The summed E-state index contributed by atoms with van der Waals surface area (Å²) in [7, 11) is 0. The van der Waals surface area contributed by atoms with Crippen LogP contribution in [0.5, 0.6) is 0 Å². The van der Waals surface area contributed by atoms with Gasteiger partial charge in [0, 0.05) is 19.2 Å². The monoisotopic (exact) mass is 280 g/mol. The van der Waals surface area contributed by atoms with Crippen LogP contribution in [0, 0.1) is 11.7 Å². The molecular weight excluding hydrogens is 259 g/mol. The van der Waals surface area contributed by atoms with E-state index >= 15 is 0 Å². The summed E-state index contributed by atoms with van der Waals surface area (Å²) in [6.45, 7) is 6.16. The van der Waals surface area contributed by atoms with E-state index in [1.165, 1.54) is 36.1 Å². The Bertz CT molecular complexity index is 457. The standard InChI is InChI=1S/C15H21FN2O2/c1-11(2)8-9-18(12(3)19)10-15(20)17-14-6-4-13(16)5-7-14/h4-7,11H,8-10H2,1-3H3,(H,17,20). The normalized spacial score (nSPS) is 10.4. The van der Waals surface area contributed by atoms with E-state index in [0.29, 0.717) is 18.2 Å². The number of anilines is 1. The molecule has 1 aromatic carbocycles. The summed E-state index contributed by atoms with van der Waals surface area (Å²) in [6, 6.07) is 5.52. The molecule has 0 fully saturated rings. The van der Waals surface area contributed by atoms with Crippen LogP contribution in [0.3, 0.4) is 0 Å². The number of halogens is 1. The minimum Gasteiger partial charge on any atom is -0.334 e. The number of benzene rings is 1. The van der Waals surface area contributed by atoms with Gasteiger partial charge in [0.2, 0.25) is 11.8 Å². The van der Waals surface area contributed by atoms with E-state index in [4.69, 9.17) is 0 Å². The largest absolute Gasteiger partial charge is 0.334 e. The Morgan fingerprint density at radius 1 is 1.25 bits per heavy atom. The molecule has 5 heteroatoms. The lowest BCUT2D eigenvalue weighted by molar-refractivity contribution is -0.132. The van der Waals surface area contributed by atoms with E-state index in [-0.39, 0.29) is 24.2 Å². The first-order valence-electron chi connectivity index (χ1n) is 6.69. The van der Waals surface area contributed by atoms with Gasteiger partial charge in [-0.3, -0.25) is 9.59 Å². The van der Waals surface area contributed by atoms with Crippen LogP contribution in [-0.2, 0) is 9.59 Å². The Kier molecular flexibility index (Phi) is 6.15. The average molecular weight is 280 g/mol. The van der Waals surface area contributed by atoms with Gasteiger partial charge in [0.05, 0.1) is 6.54 Å². The Hall–Kier alpha value is -1.91. The summed E-state index contributed by atoms with van der Waals surface area (Å²) in [5, 5.41) is 2.64. The smallest absolute Gasteiger partial charge is 0.243 e. The summed E-state index contributed by atoms with van der Waals surface area (Å²) in [6.07, 6.45) is 0.851. The van der Waals surface area contributed by atoms with E-state index in [1.54, 1.807) is 0 Å². The fourth-order valence-electron chi connectivity index (χ4n) is 1.67. The van der Waals surface area contributed by atoms with Crippen molar-refractivity contribution in [3.8, 4) is 0 Å². The average Bonchev–Trinajstić information content (AvgIpc) is 2.36. The van der Waals surface area contributed by atoms with Gasteiger partial charge in [-0.1, -0.05) is 13.8 Å². The quantitative estimate of drug-likeness (QED) is 0.871. The van der Waals surface area contributed by atoms with Gasteiger partial charge < -0.3 is 10.2 Å². The second-order valence-electron chi connectivity index (χ2n) is 5.18. The molecule has 0 bridgehead atoms. The number of carbonyl (C=O) groups excluding carboxylic acids is 2. The molecule has 0 aliphatic heterocycles. The number of rotatable bonds is 6. The van der Waals surface area contributed by atoms with E-state index in [2.05, 4.69) is 19.2 Å². The van der Waals surface area contributed by atoms with E-state index in [0.717, 1.165) is 6.42 Å². The first kappa shape index (κ1) is 16.1. The molecule has 0 aliphatic carbocycles. The van der Waals surface area contributed by atoms with Crippen molar-refractivity contribution < 1.29 is 14.0 Å². The summed E-state index contributed by atoms with van der Waals surface area (Å²) in [5.41, 5.74) is 0.517. The van der Waals surface area contributed by atoms with Gasteiger partial charge in [0.25, 0.3) is 0 Å². The topological polar surface area (TPSA) is 49.4 Å². The molecule has 0 aliphatic rings. The summed E-state index contributed by atoms with van der Waals surface area (Å²) >= 11 is 0. The van der Waals surface area contributed by atoms with Gasteiger partial charge in [0.1, 0.15) is 5.82 Å². The molecule has 4 nitrogen and oxygen atoms in total. The van der Waals surface area contributed by atoms with Gasteiger partial charge >= 0.3 is 0 Å². The Balaban J connectivity index is 2.53. The Labute approximate surface area is 119 Å². The molecule has 0 heterocycles. The molecule has 20 heavy (non-hydrogen) atoms. The van der Waals surface area contributed by atoms with E-state index in [9.17, 15) is 14.0 Å². The van der Waals surface area contributed by atoms with Crippen LogP contribution in [0.2, 0.25) is 0 Å². The number of carbonyl (C=O) groups is 2. The zero-order valence-corrected chi connectivity index (χ0v) is 12.1. The van der Waals surface area contributed by atoms with Gasteiger partial charge in [-0.15, -0.1) is 0 Å². The second-order valence-corrected chi connectivity index (χ2v) is 5.18. The lowest BCUT2D eigenvalue weighted by Crippen LogP contribution is -2.37. The molecule has 1 aromatic rings. The van der Waals surface area contributed by atoms with Crippen molar-refractivity contribution in [2.24, 2.45) is 5.92 Å². The molecular formula is C15H21FN2O2. The molecule has 0 spiro atoms. The lowest BCUT2D eigenvalue weighted by atomic mass is 10.1. The predicted octanol–water partition coefficient (Wildman–Crippen LogP) is 2.66. The van der Waals surface area contributed by atoms with Crippen molar-refractivity contribution >= 4 is 17.5 Å². The highest BCUT2D eigenvalue weighted by Gasteiger charge is 2.14. The molecule has 1 N–H and O–H groups in total. The molecule has 0 unspecified atom stereocenters. The number of nitrogens with one attached hydrogen (secondary N) is 1.